The summed E-state index contributed by atoms with van der Waals surface area (Å²) in [5, 5.41) is 3.45. The number of halogens is 1. The van der Waals surface area contributed by atoms with Crippen molar-refractivity contribution in [1.29, 1.82) is 0 Å². The van der Waals surface area contributed by atoms with Crippen molar-refractivity contribution < 1.29 is 4.74 Å². The van der Waals surface area contributed by atoms with Gasteiger partial charge in [-0.25, -0.2) is 0 Å². The first kappa shape index (κ1) is 13.6. The summed E-state index contributed by atoms with van der Waals surface area (Å²) in [6, 6.07) is 4.27. The van der Waals surface area contributed by atoms with Gasteiger partial charge in [-0.15, -0.1) is 0 Å². The molecule has 0 radical (unpaired) electrons. The molecule has 0 bridgehead atoms. The molecule has 1 atom stereocenters. The molecule has 1 N–H and O–H groups in total. The van der Waals surface area contributed by atoms with E-state index in [1.54, 1.807) is 7.11 Å². The Hall–Kier alpha value is -0.450. The van der Waals surface area contributed by atoms with Gasteiger partial charge in [0.2, 0.25) is 0 Å². The fraction of sp³-hybridized carbons (Fsp3) is 0.583. The lowest BCUT2D eigenvalue weighted by Crippen LogP contribution is -2.22. The molecule has 90 valence electrons. The van der Waals surface area contributed by atoms with E-state index < -0.39 is 0 Å². The highest BCUT2D eigenvalue weighted by atomic mass is 79.9. The second-order valence-corrected chi connectivity index (χ2v) is 4.47. The van der Waals surface area contributed by atoms with Gasteiger partial charge in [0.05, 0.1) is 11.7 Å². The van der Waals surface area contributed by atoms with Crippen LogP contribution in [0.15, 0.2) is 22.8 Å². The lowest BCUT2D eigenvalue weighted by Gasteiger charge is -2.18. The molecular formula is C12H19BrN2O. The molecule has 0 aliphatic carbocycles. The van der Waals surface area contributed by atoms with Crippen molar-refractivity contribution >= 4 is 15.9 Å². The first-order chi connectivity index (χ1) is 7.79. The lowest BCUT2D eigenvalue weighted by molar-refractivity contribution is 0.188. The maximum Gasteiger partial charge on any atom is 0.0714 e. The topological polar surface area (TPSA) is 34.1 Å². The molecule has 0 saturated carbocycles. The second-order valence-electron chi connectivity index (χ2n) is 3.62. The van der Waals surface area contributed by atoms with E-state index >= 15 is 0 Å². The van der Waals surface area contributed by atoms with Crippen LogP contribution < -0.4 is 5.32 Å². The van der Waals surface area contributed by atoms with Crippen LogP contribution in [-0.4, -0.2) is 25.2 Å². The van der Waals surface area contributed by atoms with Crippen molar-refractivity contribution in [1.82, 2.24) is 10.3 Å². The van der Waals surface area contributed by atoms with Crippen molar-refractivity contribution in [2.24, 2.45) is 0 Å². The first-order valence-electron chi connectivity index (χ1n) is 5.62. The maximum atomic E-state index is 5.08. The summed E-state index contributed by atoms with van der Waals surface area (Å²) in [7, 11) is 1.74. The van der Waals surface area contributed by atoms with E-state index in [1.165, 1.54) is 0 Å². The van der Waals surface area contributed by atoms with E-state index in [0.717, 1.165) is 36.2 Å². The van der Waals surface area contributed by atoms with E-state index in [2.05, 4.69) is 33.2 Å². The molecule has 0 aromatic carbocycles. The summed E-state index contributed by atoms with van der Waals surface area (Å²) < 4.78 is 6.14. The third-order valence-electron chi connectivity index (χ3n) is 2.41. The average Bonchev–Trinajstić information content (AvgIpc) is 2.29. The third kappa shape index (κ3) is 4.20. The predicted molar refractivity (Wildman–Crippen MR) is 69.5 cm³/mol. The molecule has 1 heterocycles. The zero-order valence-corrected chi connectivity index (χ0v) is 11.5. The second kappa shape index (κ2) is 7.76. The Labute approximate surface area is 106 Å². The van der Waals surface area contributed by atoms with Crippen molar-refractivity contribution in [2.45, 2.75) is 25.8 Å². The van der Waals surface area contributed by atoms with Crippen molar-refractivity contribution in [3.05, 3.63) is 28.5 Å². The van der Waals surface area contributed by atoms with Crippen LogP contribution in [-0.2, 0) is 4.74 Å². The van der Waals surface area contributed by atoms with E-state index in [0.29, 0.717) is 6.04 Å². The zero-order valence-electron chi connectivity index (χ0n) is 9.87. The number of rotatable bonds is 7. The maximum absolute atomic E-state index is 5.08. The number of nitrogens with one attached hydrogen (secondary N) is 1. The van der Waals surface area contributed by atoms with Crippen molar-refractivity contribution in [2.75, 3.05) is 20.3 Å². The highest BCUT2D eigenvalue weighted by Crippen LogP contribution is 2.24. The number of aromatic nitrogens is 1. The van der Waals surface area contributed by atoms with Crippen LogP contribution in [0.1, 0.15) is 31.5 Å². The molecule has 16 heavy (non-hydrogen) atoms. The fourth-order valence-electron chi connectivity index (χ4n) is 1.67. The zero-order chi connectivity index (χ0) is 11.8. The molecular weight excluding hydrogens is 268 g/mol. The number of nitrogens with zero attached hydrogens (tertiary/aromatic N) is 1. The smallest absolute Gasteiger partial charge is 0.0714 e. The minimum atomic E-state index is 0.302. The largest absolute Gasteiger partial charge is 0.385 e. The predicted octanol–water partition coefficient (Wildman–Crippen LogP) is 2.92. The molecule has 4 heteroatoms. The Morgan fingerprint density at radius 3 is 3.00 bits per heavy atom. The molecule has 1 aromatic heterocycles. The summed E-state index contributed by atoms with van der Waals surface area (Å²) in [4.78, 5) is 4.43. The van der Waals surface area contributed by atoms with E-state index in [1.807, 2.05) is 18.3 Å². The van der Waals surface area contributed by atoms with Crippen LogP contribution in [0.25, 0.3) is 0 Å². The van der Waals surface area contributed by atoms with Crippen molar-refractivity contribution in [3.8, 4) is 0 Å². The van der Waals surface area contributed by atoms with Gasteiger partial charge in [-0.2, -0.15) is 0 Å². The molecule has 0 amide bonds. The Kier molecular flexibility index (Phi) is 6.61. The lowest BCUT2D eigenvalue weighted by atomic mass is 10.1. The summed E-state index contributed by atoms with van der Waals surface area (Å²) in [6.07, 6.45) is 3.91. The van der Waals surface area contributed by atoms with Gasteiger partial charge in [0.25, 0.3) is 0 Å². The van der Waals surface area contributed by atoms with Crippen LogP contribution in [0.4, 0.5) is 0 Å². The van der Waals surface area contributed by atoms with Crippen LogP contribution in [0.5, 0.6) is 0 Å². The molecule has 0 saturated heterocycles. The average molecular weight is 287 g/mol. The Bertz CT molecular complexity index is 307. The van der Waals surface area contributed by atoms with Gasteiger partial charge in [-0.3, -0.25) is 4.98 Å². The number of hydrogen-bond acceptors (Lipinski definition) is 3. The Morgan fingerprint density at radius 2 is 2.38 bits per heavy atom. The molecule has 0 aliphatic heterocycles. The van der Waals surface area contributed by atoms with Gasteiger partial charge in [-0.1, -0.05) is 6.92 Å². The van der Waals surface area contributed by atoms with Crippen LogP contribution in [0, 0.1) is 0 Å². The van der Waals surface area contributed by atoms with E-state index in [-0.39, 0.29) is 0 Å². The minimum absolute atomic E-state index is 0.302. The molecule has 3 nitrogen and oxygen atoms in total. The number of pyridine rings is 1. The first-order valence-corrected chi connectivity index (χ1v) is 6.41. The fourth-order valence-corrected chi connectivity index (χ4v) is 2.20. The van der Waals surface area contributed by atoms with Crippen LogP contribution >= 0.6 is 15.9 Å². The van der Waals surface area contributed by atoms with Crippen molar-refractivity contribution in [3.63, 3.8) is 0 Å². The number of hydrogen-bond donors (Lipinski definition) is 1. The van der Waals surface area contributed by atoms with Gasteiger partial charge in [-0.05, 0) is 47.4 Å². The SMILES string of the molecule is CCNC(CCCOC)c1ncccc1Br. The number of ether oxygens (including phenoxy) is 1. The Balaban J connectivity index is 2.65. The quantitative estimate of drug-likeness (QED) is 0.783. The van der Waals surface area contributed by atoms with Crippen LogP contribution in [0.3, 0.4) is 0 Å². The number of methoxy groups -OCH3 is 1. The summed E-state index contributed by atoms with van der Waals surface area (Å²) >= 11 is 3.54. The summed E-state index contributed by atoms with van der Waals surface area (Å²) in [5.41, 5.74) is 1.08. The highest BCUT2D eigenvalue weighted by Gasteiger charge is 2.13. The molecule has 1 unspecified atom stereocenters. The highest BCUT2D eigenvalue weighted by molar-refractivity contribution is 9.10. The molecule has 0 spiro atoms. The van der Waals surface area contributed by atoms with Gasteiger partial charge in [0, 0.05) is 24.4 Å². The Morgan fingerprint density at radius 1 is 1.56 bits per heavy atom. The van der Waals surface area contributed by atoms with E-state index in [9.17, 15) is 0 Å². The standard InChI is InChI=1S/C12H19BrN2O/c1-3-14-11(7-5-9-16-2)12-10(13)6-4-8-15-12/h4,6,8,11,14H,3,5,7,9H2,1-2H3. The van der Waals surface area contributed by atoms with E-state index in [4.69, 9.17) is 4.74 Å². The minimum Gasteiger partial charge on any atom is -0.385 e. The monoisotopic (exact) mass is 286 g/mol. The van der Waals surface area contributed by atoms with Crippen LogP contribution in [0.2, 0.25) is 0 Å². The normalized spacial score (nSPS) is 12.7. The van der Waals surface area contributed by atoms with Gasteiger partial charge in [0.15, 0.2) is 0 Å². The third-order valence-corrected chi connectivity index (χ3v) is 3.08. The molecule has 1 aromatic rings. The van der Waals surface area contributed by atoms with Gasteiger partial charge < -0.3 is 10.1 Å². The molecule has 1 rings (SSSR count). The van der Waals surface area contributed by atoms with Gasteiger partial charge >= 0.3 is 0 Å². The summed E-state index contributed by atoms with van der Waals surface area (Å²) in [6.45, 7) is 3.85. The van der Waals surface area contributed by atoms with Gasteiger partial charge in [0.1, 0.15) is 0 Å². The molecule has 0 aliphatic rings. The molecule has 0 fully saturated rings. The summed E-state index contributed by atoms with van der Waals surface area (Å²) in [5.74, 6) is 0.